The van der Waals surface area contributed by atoms with Crippen molar-refractivity contribution in [3.05, 3.63) is 16.1 Å². The van der Waals surface area contributed by atoms with Crippen LogP contribution in [0.25, 0.3) is 0 Å². The zero-order valence-electron chi connectivity index (χ0n) is 10.0. The minimum atomic E-state index is 0.804. The molecule has 0 aliphatic rings. The number of hydrogen-bond acceptors (Lipinski definition) is 3. The Morgan fingerprint density at radius 1 is 1.53 bits per heavy atom. The molecule has 1 aromatic rings. The van der Waals surface area contributed by atoms with E-state index in [-0.39, 0.29) is 0 Å². The van der Waals surface area contributed by atoms with E-state index in [0.717, 1.165) is 25.4 Å². The van der Waals surface area contributed by atoms with Gasteiger partial charge in [-0.1, -0.05) is 20.3 Å². The molecule has 0 amide bonds. The number of aryl methyl sites for hydroxylation is 1. The molecule has 0 bridgehead atoms. The van der Waals surface area contributed by atoms with Gasteiger partial charge in [-0.15, -0.1) is 11.3 Å². The van der Waals surface area contributed by atoms with Gasteiger partial charge in [-0.2, -0.15) is 0 Å². The molecule has 0 saturated carbocycles. The van der Waals surface area contributed by atoms with Gasteiger partial charge in [0.2, 0.25) is 0 Å². The van der Waals surface area contributed by atoms with Crippen molar-refractivity contribution in [1.29, 1.82) is 0 Å². The molecule has 0 fully saturated rings. The van der Waals surface area contributed by atoms with Gasteiger partial charge in [0.15, 0.2) is 0 Å². The quantitative estimate of drug-likeness (QED) is 0.723. The molecule has 0 aliphatic carbocycles. The van der Waals surface area contributed by atoms with Gasteiger partial charge in [0.25, 0.3) is 0 Å². The zero-order chi connectivity index (χ0) is 11.1. The Balaban J connectivity index is 2.06. The Labute approximate surface area is 97.1 Å². The average Bonchev–Trinajstić information content (AvgIpc) is 2.60. The summed E-state index contributed by atoms with van der Waals surface area (Å²) in [7, 11) is 0. The molecule has 1 N–H and O–H groups in total. The van der Waals surface area contributed by atoms with E-state index in [1.807, 2.05) is 6.20 Å². The Kier molecular flexibility index (Phi) is 5.88. The van der Waals surface area contributed by atoms with Gasteiger partial charge in [0.05, 0.1) is 5.01 Å². The third-order valence-corrected chi connectivity index (χ3v) is 3.46. The van der Waals surface area contributed by atoms with Gasteiger partial charge in [0.1, 0.15) is 0 Å². The second-order valence-electron chi connectivity index (χ2n) is 4.19. The largest absolute Gasteiger partial charge is 0.316 e. The van der Waals surface area contributed by atoms with Gasteiger partial charge in [-0.25, -0.2) is 4.98 Å². The molecule has 1 rings (SSSR count). The molecule has 2 nitrogen and oxygen atoms in total. The van der Waals surface area contributed by atoms with E-state index in [1.165, 1.54) is 22.7 Å². The number of aromatic nitrogens is 1. The fourth-order valence-corrected chi connectivity index (χ4v) is 2.47. The first-order chi connectivity index (χ1) is 7.22. The van der Waals surface area contributed by atoms with Crippen molar-refractivity contribution in [3.8, 4) is 0 Å². The van der Waals surface area contributed by atoms with Gasteiger partial charge in [-0.05, 0) is 32.2 Å². The second kappa shape index (κ2) is 6.96. The van der Waals surface area contributed by atoms with Gasteiger partial charge in [-0.3, -0.25) is 0 Å². The van der Waals surface area contributed by atoms with Crippen LogP contribution in [0.2, 0.25) is 0 Å². The van der Waals surface area contributed by atoms with Crippen molar-refractivity contribution in [3.63, 3.8) is 0 Å². The Hall–Kier alpha value is -0.410. The van der Waals surface area contributed by atoms with Crippen molar-refractivity contribution in [2.75, 3.05) is 13.1 Å². The molecule has 86 valence electrons. The minimum absolute atomic E-state index is 0.804. The normalized spacial score (nSPS) is 13.0. The number of rotatable bonds is 7. The average molecular weight is 226 g/mol. The maximum atomic E-state index is 4.25. The summed E-state index contributed by atoms with van der Waals surface area (Å²) in [5.41, 5.74) is 0. The molecule has 15 heavy (non-hydrogen) atoms. The van der Waals surface area contributed by atoms with Crippen LogP contribution in [0.4, 0.5) is 0 Å². The van der Waals surface area contributed by atoms with Crippen LogP contribution in [-0.2, 0) is 6.42 Å². The van der Waals surface area contributed by atoms with Crippen LogP contribution in [0.3, 0.4) is 0 Å². The third kappa shape index (κ3) is 5.28. The Bertz CT molecular complexity index is 270. The lowest BCUT2D eigenvalue weighted by atomic mass is 10.1. The molecule has 0 aliphatic heterocycles. The number of nitrogens with one attached hydrogen (secondary N) is 1. The van der Waals surface area contributed by atoms with Crippen molar-refractivity contribution in [1.82, 2.24) is 10.3 Å². The predicted octanol–water partition coefficient (Wildman–Crippen LogP) is 3.02. The monoisotopic (exact) mass is 226 g/mol. The fraction of sp³-hybridized carbons (Fsp3) is 0.750. The minimum Gasteiger partial charge on any atom is -0.316 e. The van der Waals surface area contributed by atoms with E-state index < -0.39 is 0 Å². The highest BCUT2D eigenvalue weighted by atomic mass is 32.1. The van der Waals surface area contributed by atoms with Crippen molar-refractivity contribution >= 4 is 11.3 Å². The summed E-state index contributed by atoms with van der Waals surface area (Å²) in [4.78, 5) is 5.64. The summed E-state index contributed by atoms with van der Waals surface area (Å²) in [6.45, 7) is 8.84. The molecular formula is C12H22N2S. The molecule has 0 radical (unpaired) electrons. The first-order valence-electron chi connectivity index (χ1n) is 5.84. The lowest BCUT2D eigenvalue weighted by Crippen LogP contribution is -2.23. The number of nitrogens with zero attached hydrogens (tertiary/aromatic N) is 1. The van der Waals surface area contributed by atoms with E-state index in [9.17, 15) is 0 Å². The summed E-state index contributed by atoms with van der Waals surface area (Å²) in [6, 6.07) is 0. The summed E-state index contributed by atoms with van der Waals surface area (Å²) >= 11 is 1.81. The lowest BCUT2D eigenvalue weighted by molar-refractivity contribution is 0.478. The fourth-order valence-electron chi connectivity index (χ4n) is 1.68. The smallest absolute Gasteiger partial charge is 0.0896 e. The lowest BCUT2D eigenvalue weighted by Gasteiger charge is -2.10. The first-order valence-corrected chi connectivity index (χ1v) is 6.66. The number of thiazole rings is 1. The van der Waals surface area contributed by atoms with Crippen LogP contribution in [0.15, 0.2) is 6.20 Å². The van der Waals surface area contributed by atoms with Gasteiger partial charge >= 0.3 is 0 Å². The summed E-state index contributed by atoms with van der Waals surface area (Å²) in [6.07, 6.45) is 5.73. The highest BCUT2D eigenvalue weighted by molar-refractivity contribution is 7.11. The predicted molar refractivity (Wildman–Crippen MR) is 67.5 cm³/mol. The summed E-state index contributed by atoms with van der Waals surface area (Å²) in [5.74, 6) is 0.804. The molecule has 1 unspecified atom stereocenters. The van der Waals surface area contributed by atoms with Crippen LogP contribution in [-0.4, -0.2) is 18.1 Å². The van der Waals surface area contributed by atoms with E-state index in [0.29, 0.717) is 0 Å². The van der Waals surface area contributed by atoms with Crippen LogP contribution in [0, 0.1) is 12.8 Å². The van der Waals surface area contributed by atoms with Gasteiger partial charge in [0, 0.05) is 17.6 Å². The molecule has 3 heteroatoms. The second-order valence-corrected chi connectivity index (χ2v) is 5.51. The standard InChI is InChI=1S/C12H22N2S/c1-4-5-10(2)8-13-7-6-12-9-14-11(3)15-12/h9-10,13H,4-8H2,1-3H3. The van der Waals surface area contributed by atoms with Crippen LogP contribution < -0.4 is 5.32 Å². The highest BCUT2D eigenvalue weighted by Crippen LogP contribution is 2.11. The third-order valence-electron chi connectivity index (χ3n) is 2.49. The van der Waals surface area contributed by atoms with Crippen LogP contribution in [0.1, 0.15) is 36.6 Å². The van der Waals surface area contributed by atoms with E-state index in [1.54, 1.807) is 11.3 Å². The van der Waals surface area contributed by atoms with E-state index in [4.69, 9.17) is 0 Å². The van der Waals surface area contributed by atoms with E-state index >= 15 is 0 Å². The molecule has 1 heterocycles. The molecule has 0 saturated heterocycles. The number of hydrogen-bond donors (Lipinski definition) is 1. The van der Waals surface area contributed by atoms with Crippen LogP contribution >= 0.6 is 11.3 Å². The Morgan fingerprint density at radius 2 is 2.33 bits per heavy atom. The molecule has 0 spiro atoms. The maximum Gasteiger partial charge on any atom is 0.0896 e. The first kappa shape index (κ1) is 12.7. The SMILES string of the molecule is CCCC(C)CNCCc1cnc(C)s1. The molecular weight excluding hydrogens is 204 g/mol. The highest BCUT2D eigenvalue weighted by Gasteiger charge is 2.00. The van der Waals surface area contributed by atoms with Crippen molar-refractivity contribution in [2.45, 2.75) is 40.0 Å². The van der Waals surface area contributed by atoms with Crippen molar-refractivity contribution < 1.29 is 0 Å². The molecule has 0 aromatic carbocycles. The summed E-state index contributed by atoms with van der Waals surface area (Å²) < 4.78 is 0. The topological polar surface area (TPSA) is 24.9 Å². The van der Waals surface area contributed by atoms with Crippen molar-refractivity contribution in [2.24, 2.45) is 5.92 Å². The van der Waals surface area contributed by atoms with E-state index in [2.05, 4.69) is 31.1 Å². The summed E-state index contributed by atoms with van der Waals surface area (Å²) in [5, 5.41) is 4.68. The Morgan fingerprint density at radius 3 is 2.93 bits per heavy atom. The zero-order valence-corrected chi connectivity index (χ0v) is 10.9. The molecule has 1 aromatic heterocycles. The van der Waals surface area contributed by atoms with Gasteiger partial charge < -0.3 is 5.32 Å². The maximum absolute atomic E-state index is 4.25. The molecule has 1 atom stereocenters. The van der Waals surface area contributed by atoms with Crippen LogP contribution in [0.5, 0.6) is 0 Å².